The number of hydrogen-bond acceptors (Lipinski definition) is 5. The molecule has 0 aliphatic carbocycles. The number of nitrogens with one attached hydrogen (secondary N) is 1. The molecule has 6 nitrogen and oxygen atoms in total. The van der Waals surface area contributed by atoms with Gasteiger partial charge in [0, 0.05) is 10.0 Å². The molecule has 0 amide bonds. The van der Waals surface area contributed by atoms with Gasteiger partial charge in [0.25, 0.3) is 0 Å². The second-order valence-electron chi connectivity index (χ2n) is 3.85. The minimum atomic E-state index is -0.757. The highest BCUT2D eigenvalue weighted by atomic mass is 79.9. The maximum atomic E-state index is 12.2. The fraction of sp³-hybridized carbons (Fsp3) is 0.154. The van der Waals surface area contributed by atoms with Crippen LogP contribution in [0, 0.1) is 0 Å². The third-order valence-corrected chi connectivity index (χ3v) is 3.07. The van der Waals surface area contributed by atoms with E-state index in [1.165, 1.54) is 0 Å². The number of ketones is 1. The molecule has 2 rings (SSSR count). The van der Waals surface area contributed by atoms with Crippen molar-refractivity contribution in [3.05, 3.63) is 45.7 Å². The van der Waals surface area contributed by atoms with Crippen LogP contribution in [0.2, 0.25) is 0 Å². The monoisotopic (exact) mass is 338 g/mol. The van der Waals surface area contributed by atoms with Gasteiger partial charge in [-0.05, 0) is 31.2 Å². The van der Waals surface area contributed by atoms with Gasteiger partial charge in [0.1, 0.15) is 0 Å². The van der Waals surface area contributed by atoms with Crippen LogP contribution in [0.1, 0.15) is 33.5 Å². The minimum Gasteiger partial charge on any atom is -0.504 e. The van der Waals surface area contributed by atoms with Gasteiger partial charge in [-0.1, -0.05) is 15.9 Å². The van der Waals surface area contributed by atoms with E-state index in [2.05, 4.69) is 26.1 Å². The average Bonchev–Trinajstić information content (AvgIpc) is 2.81. The van der Waals surface area contributed by atoms with E-state index in [4.69, 9.17) is 4.74 Å². The van der Waals surface area contributed by atoms with E-state index in [0.717, 1.165) is 4.47 Å². The van der Waals surface area contributed by atoms with Gasteiger partial charge in [-0.3, -0.25) is 9.89 Å². The van der Waals surface area contributed by atoms with E-state index >= 15 is 0 Å². The van der Waals surface area contributed by atoms with Crippen LogP contribution in [0.4, 0.5) is 0 Å². The summed E-state index contributed by atoms with van der Waals surface area (Å²) in [5.41, 5.74) is -0.0897. The largest absolute Gasteiger partial charge is 0.504 e. The van der Waals surface area contributed by atoms with Crippen molar-refractivity contribution in [1.82, 2.24) is 10.2 Å². The standard InChI is InChI=1S/C13H11BrN2O4/c1-2-20-13(19)10-12(18)9(15-16-10)11(17)7-3-5-8(14)6-4-7/h3-6,18H,2H2,1H3,(H,15,16). The summed E-state index contributed by atoms with van der Waals surface area (Å²) in [4.78, 5) is 23.7. The molecular formula is C13H11BrN2O4. The van der Waals surface area contributed by atoms with Gasteiger partial charge in [0.2, 0.25) is 5.78 Å². The van der Waals surface area contributed by atoms with Crippen LogP contribution < -0.4 is 0 Å². The first-order valence-electron chi connectivity index (χ1n) is 5.79. The molecular weight excluding hydrogens is 328 g/mol. The number of rotatable bonds is 4. The van der Waals surface area contributed by atoms with Crippen molar-refractivity contribution in [3.63, 3.8) is 0 Å². The molecule has 0 spiro atoms. The minimum absolute atomic E-state index is 0.160. The zero-order valence-corrected chi connectivity index (χ0v) is 12.1. The third kappa shape index (κ3) is 2.72. The molecule has 0 saturated heterocycles. The van der Waals surface area contributed by atoms with Crippen molar-refractivity contribution in [3.8, 4) is 5.75 Å². The number of esters is 1. The van der Waals surface area contributed by atoms with E-state index < -0.39 is 17.5 Å². The predicted octanol–water partition coefficient (Wildman–Crippen LogP) is 2.29. The first-order chi connectivity index (χ1) is 9.54. The summed E-state index contributed by atoms with van der Waals surface area (Å²) in [6.07, 6.45) is 0. The number of nitrogens with zero attached hydrogens (tertiary/aromatic N) is 1. The number of hydrogen-bond donors (Lipinski definition) is 2. The summed E-state index contributed by atoms with van der Waals surface area (Å²) in [5, 5.41) is 15.9. The van der Waals surface area contributed by atoms with E-state index in [1.807, 2.05) is 0 Å². The van der Waals surface area contributed by atoms with Crippen molar-refractivity contribution < 1.29 is 19.4 Å². The summed E-state index contributed by atoms with van der Waals surface area (Å²) in [6, 6.07) is 6.57. The van der Waals surface area contributed by atoms with Crippen LogP contribution in [0.25, 0.3) is 0 Å². The Morgan fingerprint density at radius 3 is 2.60 bits per heavy atom. The molecule has 0 fully saturated rings. The van der Waals surface area contributed by atoms with Gasteiger partial charge >= 0.3 is 5.97 Å². The van der Waals surface area contributed by atoms with Crippen molar-refractivity contribution in [2.75, 3.05) is 6.61 Å². The molecule has 0 bridgehead atoms. The van der Waals surface area contributed by atoms with Gasteiger partial charge in [0.05, 0.1) is 6.61 Å². The molecule has 1 heterocycles. The maximum Gasteiger partial charge on any atom is 0.360 e. The molecule has 2 aromatic rings. The number of ether oxygens (including phenoxy) is 1. The molecule has 1 aromatic carbocycles. The van der Waals surface area contributed by atoms with Crippen LogP contribution in [0.5, 0.6) is 5.75 Å². The van der Waals surface area contributed by atoms with Gasteiger partial charge in [-0.15, -0.1) is 0 Å². The van der Waals surface area contributed by atoms with Crippen LogP contribution in [0.15, 0.2) is 28.7 Å². The number of aromatic amines is 1. The Labute approximate surface area is 122 Å². The number of halogens is 1. The third-order valence-electron chi connectivity index (χ3n) is 2.54. The SMILES string of the molecule is CCOC(=O)c1[nH]nc(C(=O)c2ccc(Br)cc2)c1O. The van der Waals surface area contributed by atoms with Gasteiger partial charge in [-0.25, -0.2) is 4.79 Å². The lowest BCUT2D eigenvalue weighted by molar-refractivity contribution is 0.0516. The summed E-state index contributed by atoms with van der Waals surface area (Å²) < 4.78 is 5.56. The summed E-state index contributed by atoms with van der Waals surface area (Å²) in [6.45, 7) is 1.80. The van der Waals surface area contributed by atoms with Crippen LogP contribution in [0.3, 0.4) is 0 Å². The molecule has 104 valence electrons. The molecule has 1 aromatic heterocycles. The average molecular weight is 339 g/mol. The number of benzene rings is 1. The van der Waals surface area contributed by atoms with Crippen molar-refractivity contribution in [2.45, 2.75) is 6.92 Å². The Morgan fingerprint density at radius 2 is 2.00 bits per heavy atom. The number of H-pyrrole nitrogens is 1. The van der Waals surface area contributed by atoms with Gasteiger partial charge in [-0.2, -0.15) is 5.10 Å². The van der Waals surface area contributed by atoms with Crippen molar-refractivity contribution in [2.24, 2.45) is 0 Å². The lowest BCUT2D eigenvalue weighted by Crippen LogP contribution is -2.05. The maximum absolute atomic E-state index is 12.2. The zero-order chi connectivity index (χ0) is 14.7. The molecule has 0 atom stereocenters. The molecule has 20 heavy (non-hydrogen) atoms. The summed E-state index contributed by atoms with van der Waals surface area (Å²) in [5.74, 6) is -1.74. The quantitative estimate of drug-likeness (QED) is 0.659. The molecule has 0 saturated carbocycles. The molecule has 0 unspecified atom stereocenters. The van der Waals surface area contributed by atoms with E-state index in [9.17, 15) is 14.7 Å². The van der Waals surface area contributed by atoms with Crippen LogP contribution >= 0.6 is 15.9 Å². The fourth-order valence-corrected chi connectivity index (χ4v) is 1.84. The molecule has 0 aliphatic rings. The Kier molecular flexibility index (Phi) is 4.19. The number of carbonyl (C=O) groups excluding carboxylic acids is 2. The molecule has 2 N–H and O–H groups in total. The molecule has 0 radical (unpaired) electrons. The smallest absolute Gasteiger partial charge is 0.360 e. The van der Waals surface area contributed by atoms with Crippen molar-refractivity contribution in [1.29, 1.82) is 0 Å². The normalized spacial score (nSPS) is 10.3. The summed E-state index contributed by atoms with van der Waals surface area (Å²) in [7, 11) is 0. The van der Waals surface area contributed by atoms with Crippen molar-refractivity contribution >= 4 is 27.7 Å². The Bertz CT molecular complexity index is 649. The van der Waals surface area contributed by atoms with Gasteiger partial charge in [0.15, 0.2) is 17.1 Å². The highest BCUT2D eigenvalue weighted by Crippen LogP contribution is 2.23. The second-order valence-corrected chi connectivity index (χ2v) is 4.77. The Balaban J connectivity index is 2.32. The van der Waals surface area contributed by atoms with E-state index in [-0.39, 0.29) is 18.0 Å². The molecule has 7 heteroatoms. The predicted molar refractivity (Wildman–Crippen MR) is 73.8 cm³/mol. The Hall–Kier alpha value is -2.15. The highest BCUT2D eigenvalue weighted by Gasteiger charge is 2.24. The van der Waals surface area contributed by atoms with Crippen LogP contribution in [-0.2, 0) is 4.74 Å². The first kappa shape index (κ1) is 14.3. The fourth-order valence-electron chi connectivity index (χ4n) is 1.58. The lowest BCUT2D eigenvalue weighted by Gasteiger charge is -2.00. The number of aromatic nitrogens is 2. The number of carbonyl (C=O) groups is 2. The first-order valence-corrected chi connectivity index (χ1v) is 6.58. The van der Waals surface area contributed by atoms with Gasteiger partial charge < -0.3 is 9.84 Å². The zero-order valence-electron chi connectivity index (χ0n) is 10.5. The topological polar surface area (TPSA) is 92.3 Å². The number of aromatic hydroxyl groups is 1. The second kappa shape index (κ2) is 5.87. The van der Waals surface area contributed by atoms with Crippen LogP contribution in [-0.4, -0.2) is 33.7 Å². The Morgan fingerprint density at radius 1 is 1.35 bits per heavy atom. The van der Waals surface area contributed by atoms with E-state index in [0.29, 0.717) is 5.56 Å². The summed E-state index contributed by atoms with van der Waals surface area (Å²) >= 11 is 3.26. The lowest BCUT2D eigenvalue weighted by atomic mass is 10.1. The van der Waals surface area contributed by atoms with E-state index in [1.54, 1.807) is 31.2 Å². The highest BCUT2D eigenvalue weighted by molar-refractivity contribution is 9.10. The molecule has 0 aliphatic heterocycles.